The van der Waals surface area contributed by atoms with E-state index in [9.17, 15) is 22.4 Å². The van der Waals surface area contributed by atoms with E-state index in [-0.39, 0.29) is 6.04 Å². The minimum absolute atomic E-state index is 0.0511. The van der Waals surface area contributed by atoms with E-state index in [1.54, 1.807) is 4.90 Å². The largest absolute Gasteiger partial charge is 0.419 e. The topological polar surface area (TPSA) is 20.3 Å². The monoisotopic (exact) mass is 315 g/mol. The van der Waals surface area contributed by atoms with Gasteiger partial charge < -0.3 is 4.90 Å². The fraction of sp³-hybridized carbons (Fsp3) is 0.562. The molecule has 2 aliphatic rings. The molecule has 1 aliphatic heterocycles. The zero-order valence-corrected chi connectivity index (χ0v) is 12.0. The van der Waals surface area contributed by atoms with Gasteiger partial charge in [-0.1, -0.05) is 18.9 Å². The number of carbonyl (C=O) groups excluding carboxylic acids is 1. The van der Waals surface area contributed by atoms with E-state index in [4.69, 9.17) is 0 Å². The number of amides is 1. The zero-order chi connectivity index (χ0) is 15.9. The van der Waals surface area contributed by atoms with Gasteiger partial charge in [-0.05, 0) is 37.3 Å². The second-order valence-electron chi connectivity index (χ2n) is 6.06. The summed E-state index contributed by atoms with van der Waals surface area (Å²) in [5, 5.41) is 0. The highest BCUT2D eigenvalue weighted by molar-refractivity contribution is 5.95. The van der Waals surface area contributed by atoms with Crippen LogP contribution in [0.3, 0.4) is 0 Å². The number of hydrogen-bond acceptors (Lipinski definition) is 1. The Kier molecular flexibility index (Phi) is 3.87. The molecule has 1 aromatic rings. The number of benzene rings is 1. The van der Waals surface area contributed by atoms with Crippen molar-refractivity contribution in [1.29, 1.82) is 0 Å². The molecule has 0 bridgehead atoms. The van der Waals surface area contributed by atoms with Crippen LogP contribution in [-0.4, -0.2) is 23.4 Å². The Morgan fingerprint density at radius 2 is 1.86 bits per heavy atom. The third-order valence-corrected chi connectivity index (χ3v) is 4.81. The number of likely N-dealkylation sites (tertiary alicyclic amines) is 1. The van der Waals surface area contributed by atoms with Crippen molar-refractivity contribution < 1.29 is 22.4 Å². The summed E-state index contributed by atoms with van der Waals surface area (Å²) in [6, 6.07) is 2.95. The smallest absolute Gasteiger partial charge is 0.335 e. The maximum absolute atomic E-state index is 14.1. The average molecular weight is 315 g/mol. The van der Waals surface area contributed by atoms with Gasteiger partial charge in [-0.25, -0.2) is 4.39 Å². The van der Waals surface area contributed by atoms with Crippen molar-refractivity contribution in [2.45, 2.75) is 44.3 Å². The lowest BCUT2D eigenvalue weighted by atomic mass is 9.85. The molecule has 0 radical (unpaired) electrons. The summed E-state index contributed by atoms with van der Waals surface area (Å²) in [6.45, 7) is 0.504. The summed E-state index contributed by atoms with van der Waals surface area (Å²) < 4.78 is 52.4. The molecule has 2 fully saturated rings. The first-order chi connectivity index (χ1) is 10.4. The molecule has 1 saturated carbocycles. The van der Waals surface area contributed by atoms with Gasteiger partial charge in [0.2, 0.25) is 0 Å². The minimum atomic E-state index is -4.79. The number of alkyl halides is 3. The first kappa shape index (κ1) is 15.3. The molecule has 0 spiro atoms. The predicted molar refractivity (Wildman–Crippen MR) is 72.8 cm³/mol. The Morgan fingerprint density at radius 3 is 2.59 bits per heavy atom. The fourth-order valence-electron chi connectivity index (χ4n) is 3.73. The predicted octanol–water partition coefficient (Wildman–Crippen LogP) is 4.25. The van der Waals surface area contributed by atoms with E-state index in [1.165, 1.54) is 0 Å². The standard InChI is InChI=1S/C16H17F4NO/c17-14-11(5-3-6-12(14)16(18,19)20)15(22)21-9-8-10-4-1-2-7-13(10)21/h3,5-6,10,13H,1-2,4,7-9H2/t10-,13+/m0/s1. The van der Waals surface area contributed by atoms with Gasteiger partial charge in [0, 0.05) is 12.6 Å². The van der Waals surface area contributed by atoms with E-state index in [0.29, 0.717) is 18.5 Å². The number of halogens is 4. The lowest BCUT2D eigenvalue weighted by Gasteiger charge is -2.31. The number of hydrogen-bond donors (Lipinski definition) is 0. The van der Waals surface area contributed by atoms with Crippen LogP contribution in [0.1, 0.15) is 48.0 Å². The Bertz CT molecular complexity index is 584. The second kappa shape index (κ2) is 5.56. The van der Waals surface area contributed by atoms with Crippen molar-refractivity contribution in [3.8, 4) is 0 Å². The van der Waals surface area contributed by atoms with Gasteiger partial charge in [0.15, 0.2) is 0 Å². The first-order valence-corrected chi connectivity index (χ1v) is 7.56. The van der Waals surface area contributed by atoms with Gasteiger partial charge in [0.1, 0.15) is 5.82 Å². The Balaban J connectivity index is 1.90. The molecule has 2 atom stereocenters. The van der Waals surface area contributed by atoms with Crippen molar-refractivity contribution in [1.82, 2.24) is 4.90 Å². The van der Waals surface area contributed by atoms with E-state index >= 15 is 0 Å². The normalized spacial score (nSPS) is 25.2. The average Bonchev–Trinajstić information content (AvgIpc) is 2.89. The molecule has 6 heteroatoms. The molecule has 1 heterocycles. The molecule has 1 amide bonds. The van der Waals surface area contributed by atoms with E-state index in [2.05, 4.69) is 0 Å². The SMILES string of the molecule is O=C(c1cccc(C(F)(F)F)c1F)N1CC[C@@H]2CCCC[C@H]21. The molecule has 2 nitrogen and oxygen atoms in total. The third kappa shape index (κ3) is 2.59. The molecule has 1 aromatic carbocycles. The summed E-state index contributed by atoms with van der Waals surface area (Å²) in [5.74, 6) is -1.66. The maximum atomic E-state index is 14.1. The van der Waals surface area contributed by atoms with Crippen LogP contribution in [0.25, 0.3) is 0 Å². The number of carbonyl (C=O) groups is 1. The Hall–Kier alpha value is -1.59. The molecular weight excluding hydrogens is 298 g/mol. The van der Waals surface area contributed by atoms with Gasteiger partial charge in [0.05, 0.1) is 11.1 Å². The molecule has 0 aromatic heterocycles. The van der Waals surface area contributed by atoms with Crippen molar-refractivity contribution in [2.24, 2.45) is 5.92 Å². The van der Waals surface area contributed by atoms with Crippen LogP contribution >= 0.6 is 0 Å². The third-order valence-electron chi connectivity index (χ3n) is 4.81. The molecule has 22 heavy (non-hydrogen) atoms. The van der Waals surface area contributed by atoms with Crippen LogP contribution < -0.4 is 0 Å². The van der Waals surface area contributed by atoms with Crippen LogP contribution in [0.5, 0.6) is 0 Å². The second-order valence-corrected chi connectivity index (χ2v) is 6.06. The summed E-state index contributed by atoms with van der Waals surface area (Å²) in [7, 11) is 0. The lowest BCUT2D eigenvalue weighted by Crippen LogP contribution is -2.39. The van der Waals surface area contributed by atoms with Gasteiger partial charge in [-0.3, -0.25) is 4.79 Å². The molecule has 120 valence electrons. The molecule has 1 aliphatic carbocycles. The Labute approximate surface area is 126 Å². The number of rotatable bonds is 1. The summed E-state index contributed by atoms with van der Waals surface area (Å²) in [6.07, 6.45) is 0.101. The highest BCUT2D eigenvalue weighted by Gasteiger charge is 2.41. The molecular formula is C16H17F4NO. The minimum Gasteiger partial charge on any atom is -0.335 e. The first-order valence-electron chi connectivity index (χ1n) is 7.56. The van der Waals surface area contributed by atoms with E-state index in [0.717, 1.165) is 44.2 Å². The maximum Gasteiger partial charge on any atom is 0.419 e. The van der Waals surface area contributed by atoms with Gasteiger partial charge in [0.25, 0.3) is 5.91 Å². The molecule has 0 unspecified atom stereocenters. The van der Waals surface area contributed by atoms with Crippen LogP contribution in [-0.2, 0) is 6.18 Å². The molecule has 0 N–H and O–H groups in total. The number of nitrogens with zero attached hydrogens (tertiary/aromatic N) is 1. The lowest BCUT2D eigenvalue weighted by molar-refractivity contribution is -0.140. The van der Waals surface area contributed by atoms with Gasteiger partial charge in [-0.15, -0.1) is 0 Å². The highest BCUT2D eigenvalue weighted by atomic mass is 19.4. The summed E-state index contributed by atoms with van der Waals surface area (Å²) in [4.78, 5) is 14.1. The van der Waals surface area contributed by atoms with Crippen molar-refractivity contribution in [3.63, 3.8) is 0 Å². The highest BCUT2D eigenvalue weighted by Crippen LogP contribution is 2.38. The van der Waals surface area contributed by atoms with E-state index < -0.39 is 29.0 Å². The quantitative estimate of drug-likeness (QED) is 0.710. The molecule has 3 rings (SSSR count). The van der Waals surface area contributed by atoms with Crippen LogP contribution in [0, 0.1) is 11.7 Å². The fourth-order valence-corrected chi connectivity index (χ4v) is 3.73. The van der Waals surface area contributed by atoms with Crippen LogP contribution in [0.4, 0.5) is 17.6 Å². The van der Waals surface area contributed by atoms with Gasteiger partial charge >= 0.3 is 6.18 Å². The van der Waals surface area contributed by atoms with Crippen molar-refractivity contribution in [3.05, 3.63) is 35.1 Å². The molecule has 1 saturated heterocycles. The van der Waals surface area contributed by atoms with E-state index in [1.807, 2.05) is 0 Å². The number of fused-ring (bicyclic) bond motifs is 1. The summed E-state index contributed by atoms with van der Waals surface area (Å²) >= 11 is 0. The van der Waals surface area contributed by atoms with Gasteiger partial charge in [-0.2, -0.15) is 13.2 Å². The van der Waals surface area contributed by atoms with Crippen molar-refractivity contribution >= 4 is 5.91 Å². The Morgan fingerprint density at radius 1 is 1.14 bits per heavy atom. The van der Waals surface area contributed by atoms with Crippen LogP contribution in [0.2, 0.25) is 0 Å². The zero-order valence-electron chi connectivity index (χ0n) is 12.0. The summed E-state index contributed by atoms with van der Waals surface area (Å²) in [5.41, 5.74) is -1.85. The van der Waals surface area contributed by atoms with Crippen molar-refractivity contribution in [2.75, 3.05) is 6.54 Å². The van der Waals surface area contributed by atoms with Crippen LogP contribution in [0.15, 0.2) is 18.2 Å².